The van der Waals surface area contributed by atoms with Crippen molar-refractivity contribution < 1.29 is 9.90 Å². The molecule has 0 aliphatic carbocycles. The van der Waals surface area contributed by atoms with Gasteiger partial charge in [0.25, 0.3) is 5.91 Å². The second kappa shape index (κ2) is 8.46. The van der Waals surface area contributed by atoms with E-state index in [0.717, 1.165) is 22.4 Å². The number of aromatic amines is 1. The second-order valence-corrected chi connectivity index (χ2v) is 7.70. The number of benzene rings is 2. The summed E-state index contributed by atoms with van der Waals surface area (Å²) in [6, 6.07) is 13.3. The first-order valence-electron chi connectivity index (χ1n) is 8.92. The lowest BCUT2D eigenvalue weighted by Crippen LogP contribution is -2.46. The lowest BCUT2D eigenvalue weighted by molar-refractivity contribution is 0.0869. The summed E-state index contributed by atoms with van der Waals surface area (Å²) in [6.07, 6.45) is 3.63. The molecule has 1 aromatic heterocycles. The normalized spacial score (nSPS) is 11.3. The summed E-state index contributed by atoms with van der Waals surface area (Å²) in [6.45, 7) is 3.93. The molecule has 0 fully saturated rings. The van der Waals surface area contributed by atoms with Crippen LogP contribution in [-0.4, -0.2) is 33.4 Å². The molecule has 7 heteroatoms. The molecule has 0 unspecified atom stereocenters. The predicted molar refractivity (Wildman–Crippen MR) is 111 cm³/mol. The van der Waals surface area contributed by atoms with Crippen LogP contribution in [0.15, 0.2) is 54.9 Å². The maximum atomic E-state index is 12.5. The summed E-state index contributed by atoms with van der Waals surface area (Å²) in [4.78, 5) is 12.5. The number of hydrogen-bond donors (Lipinski definition) is 4. The highest BCUT2D eigenvalue weighted by Crippen LogP contribution is 2.22. The van der Waals surface area contributed by atoms with Gasteiger partial charge in [-0.25, -0.2) is 0 Å². The number of carbonyl (C=O) groups excluding carboxylic acids is 1. The molecule has 0 aliphatic heterocycles. The molecule has 0 bridgehead atoms. The van der Waals surface area contributed by atoms with Crippen LogP contribution in [0, 0.1) is 0 Å². The van der Waals surface area contributed by atoms with Gasteiger partial charge < -0.3 is 15.7 Å². The number of halogens is 1. The molecule has 146 valence electrons. The fourth-order valence-corrected chi connectivity index (χ4v) is 2.95. The minimum Gasteiger partial charge on any atom is -0.394 e. The van der Waals surface area contributed by atoms with Gasteiger partial charge in [-0.05, 0) is 49.2 Å². The van der Waals surface area contributed by atoms with Crippen molar-refractivity contribution in [2.45, 2.75) is 25.9 Å². The number of rotatable bonds is 7. The number of anilines is 1. The molecule has 6 nitrogen and oxygen atoms in total. The Labute approximate surface area is 168 Å². The summed E-state index contributed by atoms with van der Waals surface area (Å²) in [7, 11) is 0. The van der Waals surface area contributed by atoms with Crippen LogP contribution >= 0.6 is 11.6 Å². The first-order chi connectivity index (χ1) is 13.4. The molecule has 0 saturated heterocycles. The summed E-state index contributed by atoms with van der Waals surface area (Å²) in [5, 5.41) is 22.7. The van der Waals surface area contributed by atoms with E-state index in [2.05, 4.69) is 26.9 Å². The van der Waals surface area contributed by atoms with Crippen molar-refractivity contribution in [3.05, 3.63) is 71.0 Å². The third-order valence-electron chi connectivity index (χ3n) is 4.26. The van der Waals surface area contributed by atoms with E-state index >= 15 is 0 Å². The number of amides is 1. The molecule has 1 heterocycles. The lowest BCUT2D eigenvalue weighted by atomic mass is 10.1. The molecule has 0 saturated carbocycles. The minimum absolute atomic E-state index is 0.155. The van der Waals surface area contributed by atoms with Crippen molar-refractivity contribution >= 4 is 23.2 Å². The Morgan fingerprint density at radius 1 is 1.21 bits per heavy atom. The number of aliphatic hydroxyl groups is 1. The molecule has 0 radical (unpaired) electrons. The second-order valence-electron chi connectivity index (χ2n) is 7.27. The molecule has 4 N–H and O–H groups in total. The summed E-state index contributed by atoms with van der Waals surface area (Å²) in [5.74, 6) is -0.286. The molecule has 0 spiro atoms. The zero-order valence-corrected chi connectivity index (χ0v) is 16.5. The average molecular weight is 399 g/mol. The van der Waals surface area contributed by atoms with Gasteiger partial charge in [0.2, 0.25) is 0 Å². The summed E-state index contributed by atoms with van der Waals surface area (Å²) < 4.78 is 0. The quantitative estimate of drug-likeness (QED) is 0.486. The van der Waals surface area contributed by atoms with E-state index in [1.165, 1.54) is 0 Å². The number of carbonyl (C=O) groups is 1. The largest absolute Gasteiger partial charge is 0.394 e. The van der Waals surface area contributed by atoms with Crippen LogP contribution in [0.5, 0.6) is 0 Å². The Bertz CT molecular complexity index is 955. The van der Waals surface area contributed by atoms with Crippen molar-refractivity contribution in [1.29, 1.82) is 0 Å². The molecule has 3 aromatic rings. The van der Waals surface area contributed by atoms with Gasteiger partial charge in [-0.3, -0.25) is 9.89 Å². The lowest BCUT2D eigenvalue weighted by Gasteiger charge is -2.23. The van der Waals surface area contributed by atoms with Crippen LogP contribution in [0.4, 0.5) is 5.69 Å². The molecule has 0 aliphatic rings. The zero-order valence-electron chi connectivity index (χ0n) is 15.8. The van der Waals surface area contributed by atoms with Gasteiger partial charge in [0.1, 0.15) is 0 Å². The molecular weight excluding hydrogens is 376 g/mol. The van der Waals surface area contributed by atoms with Gasteiger partial charge in [-0.1, -0.05) is 29.8 Å². The van der Waals surface area contributed by atoms with E-state index in [0.29, 0.717) is 17.1 Å². The van der Waals surface area contributed by atoms with E-state index in [9.17, 15) is 9.90 Å². The third-order valence-corrected chi connectivity index (χ3v) is 4.48. The SMILES string of the molecule is CC(C)(CO)NC(=O)c1cc(Cl)cc(NCc2cccc(-c3cn[nH]c3)c2)c1. The minimum atomic E-state index is -0.708. The molecule has 28 heavy (non-hydrogen) atoms. The number of nitrogens with one attached hydrogen (secondary N) is 3. The zero-order chi connectivity index (χ0) is 20.1. The van der Waals surface area contributed by atoms with Crippen LogP contribution in [0.2, 0.25) is 5.02 Å². The van der Waals surface area contributed by atoms with Gasteiger partial charge >= 0.3 is 0 Å². The highest BCUT2D eigenvalue weighted by atomic mass is 35.5. The topological polar surface area (TPSA) is 90.0 Å². The number of aliphatic hydroxyl groups excluding tert-OH is 1. The van der Waals surface area contributed by atoms with Crippen LogP contribution in [-0.2, 0) is 6.54 Å². The van der Waals surface area contributed by atoms with Gasteiger partial charge in [0.05, 0.1) is 18.3 Å². The molecule has 0 atom stereocenters. The summed E-state index contributed by atoms with van der Waals surface area (Å²) >= 11 is 6.19. The van der Waals surface area contributed by atoms with E-state index in [1.54, 1.807) is 38.2 Å². The van der Waals surface area contributed by atoms with Gasteiger partial charge in [-0.15, -0.1) is 0 Å². The fourth-order valence-electron chi connectivity index (χ4n) is 2.72. The monoisotopic (exact) mass is 398 g/mol. The van der Waals surface area contributed by atoms with Crippen LogP contribution in [0.1, 0.15) is 29.8 Å². The van der Waals surface area contributed by atoms with Crippen LogP contribution in [0.25, 0.3) is 11.1 Å². The fraction of sp³-hybridized carbons (Fsp3) is 0.238. The van der Waals surface area contributed by atoms with Gasteiger partial charge in [0.15, 0.2) is 0 Å². The van der Waals surface area contributed by atoms with Crippen molar-refractivity contribution in [3.63, 3.8) is 0 Å². The van der Waals surface area contributed by atoms with Crippen molar-refractivity contribution in [3.8, 4) is 11.1 Å². The number of nitrogens with zero attached hydrogens (tertiary/aromatic N) is 1. The Morgan fingerprint density at radius 3 is 2.75 bits per heavy atom. The first kappa shape index (κ1) is 19.9. The third kappa shape index (κ3) is 5.12. The van der Waals surface area contributed by atoms with E-state index < -0.39 is 5.54 Å². The van der Waals surface area contributed by atoms with Gasteiger partial charge in [-0.2, -0.15) is 5.10 Å². The Kier molecular flexibility index (Phi) is 6.02. The van der Waals surface area contributed by atoms with E-state index in [-0.39, 0.29) is 12.5 Å². The number of aromatic nitrogens is 2. The smallest absolute Gasteiger partial charge is 0.251 e. The van der Waals surface area contributed by atoms with Crippen LogP contribution in [0.3, 0.4) is 0 Å². The van der Waals surface area contributed by atoms with Crippen molar-refractivity contribution in [2.24, 2.45) is 0 Å². The maximum Gasteiger partial charge on any atom is 0.251 e. The Hall–Kier alpha value is -2.83. The first-order valence-corrected chi connectivity index (χ1v) is 9.30. The van der Waals surface area contributed by atoms with E-state index in [1.807, 2.05) is 24.4 Å². The highest BCUT2D eigenvalue weighted by Gasteiger charge is 2.20. The van der Waals surface area contributed by atoms with Crippen LogP contribution < -0.4 is 10.6 Å². The highest BCUT2D eigenvalue weighted by molar-refractivity contribution is 6.31. The molecule has 3 rings (SSSR count). The van der Waals surface area contributed by atoms with Crippen molar-refractivity contribution in [2.75, 3.05) is 11.9 Å². The molecule has 1 amide bonds. The van der Waals surface area contributed by atoms with Gasteiger partial charge in [0, 0.05) is 34.6 Å². The Morgan fingerprint density at radius 2 is 2.04 bits per heavy atom. The number of hydrogen-bond acceptors (Lipinski definition) is 4. The van der Waals surface area contributed by atoms with Crippen molar-refractivity contribution in [1.82, 2.24) is 15.5 Å². The van der Waals surface area contributed by atoms with E-state index in [4.69, 9.17) is 11.6 Å². The Balaban J connectivity index is 1.72. The molecule has 2 aromatic carbocycles. The molecular formula is C21H23ClN4O2. The maximum absolute atomic E-state index is 12.5. The number of H-pyrrole nitrogens is 1. The summed E-state index contributed by atoms with van der Waals surface area (Å²) in [5.41, 5.74) is 3.66. The average Bonchev–Trinajstić information content (AvgIpc) is 3.21. The standard InChI is InChI=1S/C21H23ClN4O2/c1-21(2,13-27)26-20(28)16-7-18(22)9-19(8-16)23-10-14-4-3-5-15(6-14)17-11-24-25-12-17/h3-9,11-12,23,27H,10,13H2,1-2H3,(H,24,25)(H,26,28). The predicted octanol–water partition coefficient (Wildman–Crippen LogP) is 3.84.